The molecule has 0 unspecified atom stereocenters. The second kappa shape index (κ2) is 5.21. The van der Waals surface area contributed by atoms with Crippen LogP contribution in [0.5, 0.6) is 0 Å². The van der Waals surface area contributed by atoms with Gasteiger partial charge >= 0.3 is 0 Å². The lowest BCUT2D eigenvalue weighted by Gasteiger charge is -2.04. The lowest BCUT2D eigenvalue weighted by molar-refractivity contribution is -0.384. The fourth-order valence-electron chi connectivity index (χ4n) is 1.47. The van der Waals surface area contributed by atoms with Crippen LogP contribution in [0, 0.1) is 10.1 Å². The van der Waals surface area contributed by atoms with E-state index in [0.29, 0.717) is 18.8 Å². The molecule has 0 aliphatic heterocycles. The van der Waals surface area contributed by atoms with Gasteiger partial charge in [-0.05, 0) is 0 Å². The molecular weight excluding hydrogens is 236 g/mol. The van der Waals surface area contributed by atoms with E-state index in [1.807, 2.05) is 11.6 Å². The zero-order valence-electron chi connectivity index (χ0n) is 9.78. The van der Waals surface area contributed by atoms with E-state index in [0.717, 1.165) is 5.82 Å². The summed E-state index contributed by atoms with van der Waals surface area (Å²) in [7, 11) is 1.86. The highest BCUT2D eigenvalue weighted by Gasteiger charge is 2.06. The Morgan fingerprint density at radius 2 is 2.39 bits per heavy atom. The van der Waals surface area contributed by atoms with Crippen LogP contribution < -0.4 is 5.32 Å². The van der Waals surface area contributed by atoms with Crippen LogP contribution in [0.2, 0.25) is 0 Å². The van der Waals surface area contributed by atoms with Crippen molar-refractivity contribution in [2.24, 2.45) is 7.05 Å². The van der Waals surface area contributed by atoms with Gasteiger partial charge in [-0.25, -0.2) is 4.98 Å². The van der Waals surface area contributed by atoms with E-state index in [9.17, 15) is 10.1 Å². The highest BCUT2D eigenvalue weighted by Crippen LogP contribution is 2.13. The highest BCUT2D eigenvalue weighted by molar-refractivity contribution is 5.44. The Kier molecular flexibility index (Phi) is 3.46. The smallest absolute Gasteiger partial charge is 0.274 e. The van der Waals surface area contributed by atoms with Crippen LogP contribution in [-0.4, -0.2) is 31.2 Å². The molecule has 0 saturated heterocycles. The summed E-state index contributed by atoms with van der Waals surface area (Å²) >= 11 is 0. The van der Waals surface area contributed by atoms with Crippen LogP contribution in [-0.2, 0) is 13.5 Å². The average molecular weight is 248 g/mol. The molecule has 0 aliphatic carbocycles. The fourth-order valence-corrected chi connectivity index (χ4v) is 1.47. The monoisotopic (exact) mass is 248 g/mol. The van der Waals surface area contributed by atoms with E-state index in [1.165, 1.54) is 18.3 Å². The molecule has 2 heterocycles. The van der Waals surface area contributed by atoms with E-state index in [-0.39, 0.29) is 5.69 Å². The first-order valence-electron chi connectivity index (χ1n) is 5.34. The number of rotatable bonds is 5. The molecular formula is C10H12N6O2. The largest absolute Gasteiger partial charge is 0.369 e. The molecule has 18 heavy (non-hydrogen) atoms. The van der Waals surface area contributed by atoms with Crippen molar-refractivity contribution < 1.29 is 4.92 Å². The van der Waals surface area contributed by atoms with Gasteiger partial charge in [-0.3, -0.25) is 10.1 Å². The highest BCUT2D eigenvalue weighted by atomic mass is 16.6. The van der Waals surface area contributed by atoms with Crippen LogP contribution in [0.15, 0.2) is 24.7 Å². The van der Waals surface area contributed by atoms with Gasteiger partial charge in [0.1, 0.15) is 18.0 Å². The minimum Gasteiger partial charge on any atom is -0.369 e. The summed E-state index contributed by atoms with van der Waals surface area (Å²) < 4.78 is 1.82. The maximum absolute atomic E-state index is 10.6. The van der Waals surface area contributed by atoms with Crippen molar-refractivity contribution in [3.05, 3.63) is 40.6 Å². The van der Waals surface area contributed by atoms with E-state index in [1.54, 1.807) is 6.33 Å². The first kappa shape index (κ1) is 12.0. The van der Waals surface area contributed by atoms with Gasteiger partial charge in [0.25, 0.3) is 5.69 Å². The van der Waals surface area contributed by atoms with Crippen LogP contribution >= 0.6 is 0 Å². The Labute approximate surface area is 103 Å². The van der Waals surface area contributed by atoms with Gasteiger partial charge in [0.2, 0.25) is 0 Å². The number of nitrogens with one attached hydrogen (secondary N) is 1. The number of hydrogen-bond donors (Lipinski definition) is 1. The molecule has 8 nitrogen and oxygen atoms in total. The van der Waals surface area contributed by atoms with Gasteiger partial charge in [-0.15, -0.1) is 10.2 Å². The number of nitro groups is 1. The molecule has 0 spiro atoms. The third-order valence-electron chi connectivity index (χ3n) is 2.41. The predicted molar refractivity (Wildman–Crippen MR) is 64.1 cm³/mol. The summed E-state index contributed by atoms with van der Waals surface area (Å²) in [4.78, 5) is 14.1. The molecule has 94 valence electrons. The van der Waals surface area contributed by atoms with Crippen molar-refractivity contribution in [2.45, 2.75) is 6.42 Å². The Morgan fingerprint density at radius 3 is 3.06 bits per heavy atom. The molecule has 0 bridgehead atoms. The van der Waals surface area contributed by atoms with E-state index < -0.39 is 4.92 Å². The third kappa shape index (κ3) is 2.78. The van der Waals surface area contributed by atoms with Gasteiger partial charge in [-0.1, -0.05) is 0 Å². The molecule has 8 heteroatoms. The minimum absolute atomic E-state index is 0.0196. The molecule has 0 saturated carbocycles. The fraction of sp³-hybridized carbons (Fsp3) is 0.300. The van der Waals surface area contributed by atoms with E-state index in [4.69, 9.17) is 0 Å². The molecule has 0 atom stereocenters. The van der Waals surface area contributed by atoms with Crippen LogP contribution in [0.3, 0.4) is 0 Å². The molecule has 0 aromatic carbocycles. The third-order valence-corrected chi connectivity index (χ3v) is 2.41. The van der Waals surface area contributed by atoms with Gasteiger partial charge in [0, 0.05) is 32.3 Å². The normalized spacial score (nSPS) is 10.3. The number of aryl methyl sites for hydroxylation is 1. The van der Waals surface area contributed by atoms with Crippen molar-refractivity contribution in [3.8, 4) is 0 Å². The molecule has 0 amide bonds. The topological polar surface area (TPSA) is 98.8 Å². The standard InChI is InChI=1S/C10H12N6O2/c1-15-7-13-14-10(15)3-5-12-9-6-8(16(17)18)2-4-11-9/h2,4,6-7H,3,5H2,1H3,(H,11,12). The summed E-state index contributed by atoms with van der Waals surface area (Å²) in [5, 5.41) is 21.3. The number of pyridine rings is 1. The summed E-state index contributed by atoms with van der Waals surface area (Å²) in [6.45, 7) is 0.584. The molecule has 0 aliphatic rings. The van der Waals surface area contributed by atoms with E-state index >= 15 is 0 Å². The number of anilines is 1. The zero-order chi connectivity index (χ0) is 13.0. The average Bonchev–Trinajstić information content (AvgIpc) is 2.76. The Morgan fingerprint density at radius 1 is 1.56 bits per heavy atom. The Hall–Kier alpha value is -2.51. The molecule has 2 aromatic rings. The van der Waals surface area contributed by atoms with Crippen LogP contribution in [0.4, 0.5) is 11.5 Å². The van der Waals surface area contributed by atoms with E-state index in [2.05, 4.69) is 20.5 Å². The second-order valence-corrected chi connectivity index (χ2v) is 3.69. The van der Waals surface area contributed by atoms with Crippen molar-refractivity contribution in [1.82, 2.24) is 19.7 Å². The lowest BCUT2D eigenvalue weighted by atomic mass is 10.3. The number of hydrogen-bond acceptors (Lipinski definition) is 6. The maximum atomic E-state index is 10.6. The summed E-state index contributed by atoms with van der Waals surface area (Å²) in [5.41, 5.74) is 0.0196. The number of nitrogens with zero attached hydrogens (tertiary/aromatic N) is 5. The SMILES string of the molecule is Cn1cnnc1CCNc1cc([N+](=O)[O-])ccn1. The van der Waals surface area contributed by atoms with Gasteiger partial charge in [-0.2, -0.15) is 0 Å². The van der Waals surface area contributed by atoms with Crippen molar-refractivity contribution in [2.75, 3.05) is 11.9 Å². The van der Waals surface area contributed by atoms with Crippen LogP contribution in [0.25, 0.3) is 0 Å². The zero-order valence-corrected chi connectivity index (χ0v) is 9.78. The second-order valence-electron chi connectivity index (χ2n) is 3.69. The maximum Gasteiger partial charge on any atom is 0.274 e. The van der Waals surface area contributed by atoms with Gasteiger partial charge in [0.15, 0.2) is 0 Å². The summed E-state index contributed by atoms with van der Waals surface area (Å²) in [6, 6.07) is 2.75. The van der Waals surface area contributed by atoms with Crippen molar-refractivity contribution in [1.29, 1.82) is 0 Å². The molecule has 1 N–H and O–H groups in total. The van der Waals surface area contributed by atoms with Crippen molar-refractivity contribution in [3.63, 3.8) is 0 Å². The molecule has 2 aromatic heterocycles. The lowest BCUT2D eigenvalue weighted by Crippen LogP contribution is -2.09. The minimum atomic E-state index is -0.449. The Bertz CT molecular complexity index is 553. The van der Waals surface area contributed by atoms with Gasteiger partial charge in [0.05, 0.1) is 11.0 Å². The Balaban J connectivity index is 1.92. The number of aromatic nitrogens is 4. The quantitative estimate of drug-likeness (QED) is 0.620. The first-order chi connectivity index (χ1) is 8.66. The summed E-state index contributed by atoms with van der Waals surface area (Å²) in [6.07, 6.45) is 3.70. The molecule has 0 radical (unpaired) electrons. The molecule has 0 fully saturated rings. The first-order valence-corrected chi connectivity index (χ1v) is 5.34. The van der Waals surface area contributed by atoms with Gasteiger partial charge < -0.3 is 9.88 Å². The predicted octanol–water partition coefficient (Wildman–Crippen LogP) is 0.773. The summed E-state index contributed by atoms with van der Waals surface area (Å²) in [5.74, 6) is 1.32. The van der Waals surface area contributed by atoms with Crippen LogP contribution in [0.1, 0.15) is 5.82 Å². The molecule has 2 rings (SSSR count). The van der Waals surface area contributed by atoms with Crippen molar-refractivity contribution >= 4 is 11.5 Å².